The fraction of sp³-hybridized carbons (Fsp3) is 0.500. The molecule has 5 aromatic rings. The van der Waals surface area contributed by atoms with Crippen molar-refractivity contribution in [2.24, 2.45) is 17.8 Å². The molecule has 0 radical (unpaired) electrons. The van der Waals surface area contributed by atoms with Crippen LogP contribution in [0.15, 0.2) is 48.7 Å². The van der Waals surface area contributed by atoms with E-state index in [-0.39, 0.29) is 35.7 Å². The summed E-state index contributed by atoms with van der Waals surface area (Å²) in [6.45, 7) is 8.93. The van der Waals surface area contributed by atoms with Gasteiger partial charge in [-0.05, 0) is 145 Å². The quantitative estimate of drug-likeness (QED) is 0.102. The number of nitrogens with one attached hydrogen (secondary N) is 4. The van der Waals surface area contributed by atoms with Crippen molar-refractivity contribution in [2.75, 3.05) is 27.3 Å². The Balaban J connectivity index is 0.930. The highest BCUT2D eigenvalue weighted by molar-refractivity contribution is 5.89. The van der Waals surface area contributed by atoms with Crippen LogP contribution in [0.2, 0.25) is 0 Å². The third kappa shape index (κ3) is 7.59. The maximum Gasteiger partial charge on any atom is 0.407 e. The van der Waals surface area contributed by atoms with Gasteiger partial charge in [-0.2, -0.15) is 0 Å². The molecular formula is C52H62N8O6. The molecule has 3 aliphatic carbocycles. The number of rotatable bonds is 11. The van der Waals surface area contributed by atoms with Crippen LogP contribution in [0.5, 0.6) is 0 Å². The van der Waals surface area contributed by atoms with E-state index in [1.807, 2.05) is 43.7 Å². The summed E-state index contributed by atoms with van der Waals surface area (Å²) < 4.78 is 9.66. The SMILES string of the molecule is COC(=O)N[C@H](C(=O)N1CCCC1c1nc2ccc(-c3ccc(-c4ccc(-c5cnc([C@@H]6CCCN6C(=O)[C@@H](NC(=O)OC)C(C)C)[nH]5)c5c4CCC5)c4c3CC3CCC43)cc2[nH]1)C(C)C. The first-order chi connectivity index (χ1) is 31.9. The highest BCUT2D eigenvalue weighted by atomic mass is 16.5. The predicted octanol–water partition coefficient (Wildman–Crippen LogP) is 8.91. The Kier molecular flexibility index (Phi) is 11.6. The predicted molar refractivity (Wildman–Crippen MR) is 251 cm³/mol. The molecule has 2 aromatic heterocycles. The molecule has 14 heteroatoms. The van der Waals surface area contributed by atoms with E-state index in [2.05, 4.69) is 63.1 Å². The number of hydrogen-bond donors (Lipinski definition) is 4. The average Bonchev–Trinajstić information content (AvgIpc) is 4.17. The largest absolute Gasteiger partial charge is 0.453 e. The number of carbonyl (C=O) groups is 4. The van der Waals surface area contributed by atoms with Gasteiger partial charge >= 0.3 is 12.2 Å². The summed E-state index contributed by atoms with van der Waals surface area (Å²) in [5.41, 5.74) is 14.9. The third-order valence-corrected chi connectivity index (χ3v) is 15.4. The van der Waals surface area contributed by atoms with Crippen LogP contribution in [-0.2, 0) is 38.3 Å². The Morgan fingerprint density at radius 3 is 1.91 bits per heavy atom. The monoisotopic (exact) mass is 894 g/mol. The lowest BCUT2D eigenvalue weighted by Crippen LogP contribution is -2.51. The third-order valence-electron chi connectivity index (χ3n) is 15.4. The summed E-state index contributed by atoms with van der Waals surface area (Å²) in [5.74, 6) is 2.35. The van der Waals surface area contributed by atoms with Crippen LogP contribution >= 0.6 is 0 Å². The zero-order chi connectivity index (χ0) is 46.0. The van der Waals surface area contributed by atoms with Crippen molar-refractivity contribution in [2.45, 2.75) is 122 Å². The van der Waals surface area contributed by atoms with E-state index in [0.29, 0.717) is 24.9 Å². The minimum absolute atomic E-state index is 0.0998. The summed E-state index contributed by atoms with van der Waals surface area (Å²) in [6, 6.07) is 14.1. The number of H-pyrrole nitrogens is 2. The van der Waals surface area contributed by atoms with Gasteiger partial charge in [0.1, 0.15) is 23.7 Å². The number of aromatic nitrogens is 4. The standard InChI is InChI=1S/C52H62N8O6/c1-27(2)45(57-51(63)65-5)49(61)59-22-8-12-42(59)47-53-26-41(56-47)36-19-18-35(33-10-7-11-34(33)36)37-20-17-31(38-24-29-14-16-32(29)44(37)38)30-15-21-39-40(25-30)55-48(54-39)43-13-9-23-60(43)50(62)46(28(3)4)58-52(64)66-6/h15,17-21,25-29,32,42-43,45-46H,7-14,16,22-24H2,1-6H3,(H,53,56)(H,54,55)(H,57,63)(H,58,64)/t29?,32?,42-,43?,45-,46-/m0/s1. The second-order valence-electron chi connectivity index (χ2n) is 19.8. The number of hydrogen-bond acceptors (Lipinski definition) is 8. The molecule has 4 heterocycles. The molecule has 6 atom stereocenters. The summed E-state index contributed by atoms with van der Waals surface area (Å²) in [6.07, 6.45) is 10.7. The zero-order valence-corrected chi connectivity index (χ0v) is 39.0. The van der Waals surface area contributed by atoms with Crippen LogP contribution in [0, 0.1) is 17.8 Å². The first kappa shape index (κ1) is 43.7. The molecule has 2 aliphatic heterocycles. The molecule has 3 fully saturated rings. The van der Waals surface area contributed by atoms with Crippen molar-refractivity contribution in [3.8, 4) is 33.5 Å². The second kappa shape index (κ2) is 17.6. The van der Waals surface area contributed by atoms with Crippen molar-refractivity contribution in [1.29, 1.82) is 0 Å². The second-order valence-corrected chi connectivity index (χ2v) is 19.8. The molecule has 4 N–H and O–H groups in total. The van der Waals surface area contributed by atoms with Crippen molar-refractivity contribution >= 4 is 35.0 Å². The molecular weight excluding hydrogens is 833 g/mol. The molecule has 5 aliphatic rings. The minimum atomic E-state index is -0.686. The number of carbonyl (C=O) groups excluding carboxylic acids is 4. The van der Waals surface area contributed by atoms with E-state index in [4.69, 9.17) is 19.4 Å². The van der Waals surface area contributed by atoms with Gasteiger partial charge in [0.2, 0.25) is 11.8 Å². The molecule has 2 saturated heterocycles. The van der Waals surface area contributed by atoms with E-state index < -0.39 is 24.3 Å². The summed E-state index contributed by atoms with van der Waals surface area (Å²) in [5, 5.41) is 5.50. The van der Waals surface area contributed by atoms with Crippen molar-refractivity contribution in [1.82, 2.24) is 40.4 Å². The number of ether oxygens (including phenoxy) is 2. The maximum absolute atomic E-state index is 13.8. The van der Waals surface area contributed by atoms with Gasteiger partial charge in [0.25, 0.3) is 0 Å². The molecule has 3 aromatic carbocycles. The van der Waals surface area contributed by atoms with Crippen LogP contribution in [-0.4, -0.2) is 93.1 Å². The minimum Gasteiger partial charge on any atom is -0.453 e. The van der Waals surface area contributed by atoms with Crippen LogP contribution < -0.4 is 10.6 Å². The fourth-order valence-electron chi connectivity index (χ4n) is 11.9. The van der Waals surface area contributed by atoms with Gasteiger partial charge < -0.3 is 39.9 Å². The number of alkyl carbamates (subject to hydrolysis) is 2. The summed E-state index contributed by atoms with van der Waals surface area (Å²) in [4.78, 5) is 72.8. The molecule has 0 spiro atoms. The highest BCUT2D eigenvalue weighted by Crippen LogP contribution is 2.57. The van der Waals surface area contributed by atoms with Gasteiger partial charge in [-0.15, -0.1) is 0 Å². The van der Waals surface area contributed by atoms with E-state index in [0.717, 1.165) is 79.7 Å². The lowest BCUT2D eigenvalue weighted by atomic mass is 9.72. The van der Waals surface area contributed by atoms with Gasteiger partial charge in [-0.25, -0.2) is 19.6 Å². The normalized spacial score (nSPS) is 21.7. The van der Waals surface area contributed by atoms with Crippen molar-refractivity contribution < 1.29 is 28.7 Å². The number of nitrogens with zero attached hydrogens (tertiary/aromatic N) is 4. The lowest BCUT2D eigenvalue weighted by molar-refractivity contribution is -0.136. The Bertz CT molecular complexity index is 2720. The lowest BCUT2D eigenvalue weighted by Gasteiger charge is -2.32. The number of methoxy groups -OCH3 is 2. The van der Waals surface area contributed by atoms with E-state index in [9.17, 15) is 19.2 Å². The average molecular weight is 895 g/mol. The topological polar surface area (TPSA) is 175 Å². The number of aromatic amines is 2. The number of benzene rings is 3. The number of likely N-dealkylation sites (tertiary alicyclic amines) is 2. The molecule has 14 nitrogen and oxygen atoms in total. The first-order valence-electron chi connectivity index (χ1n) is 24.1. The van der Waals surface area contributed by atoms with Crippen LogP contribution in [0.1, 0.15) is 125 Å². The molecule has 3 unspecified atom stereocenters. The van der Waals surface area contributed by atoms with Crippen LogP contribution in [0.3, 0.4) is 0 Å². The molecule has 1 saturated carbocycles. The van der Waals surface area contributed by atoms with Crippen molar-refractivity contribution in [3.63, 3.8) is 0 Å². The van der Waals surface area contributed by atoms with Crippen LogP contribution in [0.25, 0.3) is 44.5 Å². The van der Waals surface area contributed by atoms with Gasteiger partial charge in [0.15, 0.2) is 0 Å². The Labute approximate surface area is 386 Å². The smallest absolute Gasteiger partial charge is 0.407 e. The molecule has 346 valence electrons. The van der Waals surface area contributed by atoms with Gasteiger partial charge in [-0.3, -0.25) is 9.59 Å². The zero-order valence-electron chi connectivity index (χ0n) is 39.0. The van der Waals surface area contributed by atoms with Gasteiger partial charge in [0.05, 0.1) is 49.2 Å². The Morgan fingerprint density at radius 1 is 0.682 bits per heavy atom. The number of imidazole rings is 2. The number of amides is 4. The van der Waals surface area contributed by atoms with E-state index >= 15 is 0 Å². The maximum atomic E-state index is 13.8. The first-order valence-corrected chi connectivity index (χ1v) is 24.1. The van der Waals surface area contributed by atoms with Gasteiger partial charge in [0, 0.05) is 18.7 Å². The Morgan fingerprint density at radius 2 is 1.29 bits per heavy atom. The molecule has 0 bridgehead atoms. The fourth-order valence-corrected chi connectivity index (χ4v) is 11.9. The summed E-state index contributed by atoms with van der Waals surface area (Å²) >= 11 is 0. The molecule has 66 heavy (non-hydrogen) atoms. The van der Waals surface area contributed by atoms with Crippen LogP contribution in [0.4, 0.5) is 9.59 Å². The van der Waals surface area contributed by atoms with E-state index in [1.165, 1.54) is 77.1 Å². The van der Waals surface area contributed by atoms with Gasteiger partial charge in [-0.1, -0.05) is 58.0 Å². The van der Waals surface area contributed by atoms with Crippen molar-refractivity contribution in [3.05, 3.63) is 82.6 Å². The molecule has 10 rings (SSSR count). The number of fused-ring (bicyclic) bond motifs is 5. The van der Waals surface area contributed by atoms with E-state index in [1.54, 1.807) is 0 Å². The molecule has 4 amide bonds. The Hall–Kier alpha value is -6.18. The highest BCUT2D eigenvalue weighted by Gasteiger charge is 2.43. The summed E-state index contributed by atoms with van der Waals surface area (Å²) in [7, 11) is 2.62.